The van der Waals surface area contributed by atoms with E-state index < -0.39 is 0 Å². The molecule has 6 heteroatoms. The minimum atomic E-state index is -0.294. The zero-order chi connectivity index (χ0) is 11.3. The van der Waals surface area contributed by atoms with Gasteiger partial charge in [-0.05, 0) is 12.8 Å². The first-order valence-electron chi connectivity index (χ1n) is 4.98. The predicted molar refractivity (Wildman–Crippen MR) is 60.6 cm³/mol. The minimum Gasteiger partial charge on any atom is -0.369 e. The second-order valence-corrected chi connectivity index (χ2v) is 4.28. The average Bonchev–Trinajstić information content (AvgIpc) is 2.20. The monoisotopic (exact) mass is 277 g/mol. The number of nitrogens with zero attached hydrogens (tertiary/aromatic N) is 1. The van der Waals surface area contributed by atoms with Crippen molar-refractivity contribution in [2.75, 3.05) is 25.0 Å². The van der Waals surface area contributed by atoms with E-state index in [2.05, 4.69) is 21.2 Å². The van der Waals surface area contributed by atoms with Crippen LogP contribution in [-0.2, 0) is 9.59 Å². The number of piperidine rings is 1. The molecular formula is C9H16BrN3O2. The Morgan fingerprint density at radius 2 is 2.00 bits per heavy atom. The maximum Gasteiger partial charge on any atom is 0.231 e. The molecule has 1 aliphatic heterocycles. The molecule has 1 fully saturated rings. The summed E-state index contributed by atoms with van der Waals surface area (Å²) < 4.78 is 0. The largest absolute Gasteiger partial charge is 0.369 e. The Hall–Kier alpha value is -0.620. The van der Waals surface area contributed by atoms with E-state index in [0.29, 0.717) is 11.9 Å². The van der Waals surface area contributed by atoms with Gasteiger partial charge >= 0.3 is 0 Å². The number of carbonyl (C=O) groups excluding carboxylic acids is 2. The molecule has 1 saturated heterocycles. The standard InChI is InChI=1S/C9H16BrN3O2/c10-5-9(15)12-7-1-3-13(4-2-7)6-8(11)14/h7H,1-6H2,(H2,11,14)(H,12,15). The van der Waals surface area contributed by atoms with Crippen LogP contribution in [0.25, 0.3) is 0 Å². The van der Waals surface area contributed by atoms with Crippen LogP contribution >= 0.6 is 15.9 Å². The van der Waals surface area contributed by atoms with Gasteiger partial charge in [0.05, 0.1) is 11.9 Å². The summed E-state index contributed by atoms with van der Waals surface area (Å²) in [5.41, 5.74) is 5.10. The molecule has 5 nitrogen and oxygen atoms in total. The van der Waals surface area contributed by atoms with Crippen LogP contribution in [0.3, 0.4) is 0 Å². The molecule has 1 rings (SSSR count). The summed E-state index contributed by atoms with van der Waals surface area (Å²) in [6.07, 6.45) is 1.76. The number of hydrogen-bond acceptors (Lipinski definition) is 3. The van der Waals surface area contributed by atoms with Crippen LogP contribution in [0.1, 0.15) is 12.8 Å². The number of halogens is 1. The van der Waals surface area contributed by atoms with E-state index in [4.69, 9.17) is 5.73 Å². The van der Waals surface area contributed by atoms with Crippen LogP contribution in [0.5, 0.6) is 0 Å². The highest BCUT2D eigenvalue weighted by molar-refractivity contribution is 9.09. The fraction of sp³-hybridized carbons (Fsp3) is 0.778. The van der Waals surface area contributed by atoms with Gasteiger partial charge in [0.25, 0.3) is 0 Å². The van der Waals surface area contributed by atoms with Crippen LogP contribution < -0.4 is 11.1 Å². The topological polar surface area (TPSA) is 75.4 Å². The van der Waals surface area contributed by atoms with E-state index in [1.54, 1.807) is 0 Å². The lowest BCUT2D eigenvalue weighted by Gasteiger charge is -2.31. The summed E-state index contributed by atoms with van der Waals surface area (Å²) >= 11 is 3.10. The van der Waals surface area contributed by atoms with Crippen molar-refractivity contribution in [2.45, 2.75) is 18.9 Å². The number of carbonyl (C=O) groups is 2. The number of nitrogens with two attached hydrogens (primary N) is 1. The smallest absolute Gasteiger partial charge is 0.231 e. The van der Waals surface area contributed by atoms with E-state index >= 15 is 0 Å². The summed E-state index contributed by atoms with van der Waals surface area (Å²) in [4.78, 5) is 23.8. The lowest BCUT2D eigenvalue weighted by Crippen LogP contribution is -2.47. The molecule has 2 amide bonds. The first-order valence-corrected chi connectivity index (χ1v) is 6.10. The van der Waals surface area contributed by atoms with Crippen molar-refractivity contribution in [3.8, 4) is 0 Å². The van der Waals surface area contributed by atoms with E-state index in [1.165, 1.54) is 0 Å². The van der Waals surface area contributed by atoms with Gasteiger partial charge in [-0.3, -0.25) is 14.5 Å². The number of alkyl halides is 1. The fourth-order valence-electron chi connectivity index (χ4n) is 1.72. The Morgan fingerprint density at radius 3 is 2.47 bits per heavy atom. The molecular weight excluding hydrogens is 262 g/mol. The quantitative estimate of drug-likeness (QED) is 0.677. The molecule has 0 aromatic carbocycles. The predicted octanol–water partition coefficient (Wildman–Crippen LogP) is -0.553. The number of likely N-dealkylation sites (tertiary alicyclic amines) is 1. The van der Waals surface area contributed by atoms with Crippen molar-refractivity contribution in [2.24, 2.45) is 5.73 Å². The molecule has 3 N–H and O–H groups in total. The lowest BCUT2D eigenvalue weighted by atomic mass is 10.1. The summed E-state index contributed by atoms with van der Waals surface area (Å²) in [5.74, 6) is -0.277. The van der Waals surface area contributed by atoms with Crippen LogP contribution in [0.4, 0.5) is 0 Å². The summed E-state index contributed by atoms with van der Waals surface area (Å²) in [6.45, 7) is 1.95. The zero-order valence-corrected chi connectivity index (χ0v) is 10.1. The van der Waals surface area contributed by atoms with Gasteiger partial charge in [0.2, 0.25) is 11.8 Å². The van der Waals surface area contributed by atoms with Crippen molar-refractivity contribution >= 4 is 27.7 Å². The second-order valence-electron chi connectivity index (χ2n) is 3.72. The highest BCUT2D eigenvalue weighted by atomic mass is 79.9. The van der Waals surface area contributed by atoms with Gasteiger partial charge in [0.1, 0.15) is 0 Å². The summed E-state index contributed by atoms with van der Waals surface area (Å²) in [5, 5.41) is 3.26. The van der Waals surface area contributed by atoms with Gasteiger partial charge in [-0.1, -0.05) is 15.9 Å². The molecule has 0 aromatic rings. The first kappa shape index (κ1) is 12.4. The average molecular weight is 278 g/mol. The van der Waals surface area contributed by atoms with Crippen molar-refractivity contribution in [3.63, 3.8) is 0 Å². The van der Waals surface area contributed by atoms with Gasteiger partial charge < -0.3 is 11.1 Å². The molecule has 0 aromatic heterocycles. The lowest BCUT2D eigenvalue weighted by molar-refractivity contribution is -0.121. The van der Waals surface area contributed by atoms with Gasteiger partial charge in [-0.25, -0.2) is 0 Å². The molecule has 0 atom stereocenters. The number of amides is 2. The zero-order valence-electron chi connectivity index (χ0n) is 8.54. The van der Waals surface area contributed by atoms with Gasteiger partial charge in [-0.2, -0.15) is 0 Å². The minimum absolute atomic E-state index is 0.0170. The third-order valence-electron chi connectivity index (χ3n) is 2.45. The molecule has 1 aliphatic rings. The van der Waals surface area contributed by atoms with Crippen molar-refractivity contribution in [1.82, 2.24) is 10.2 Å². The molecule has 86 valence electrons. The molecule has 0 spiro atoms. The maximum atomic E-state index is 11.1. The molecule has 1 heterocycles. The van der Waals surface area contributed by atoms with Gasteiger partial charge in [0, 0.05) is 19.1 Å². The van der Waals surface area contributed by atoms with Crippen molar-refractivity contribution in [3.05, 3.63) is 0 Å². The molecule has 0 saturated carbocycles. The Kier molecular flexibility index (Phi) is 5.04. The van der Waals surface area contributed by atoms with Crippen LogP contribution in [0.2, 0.25) is 0 Å². The number of primary amides is 1. The van der Waals surface area contributed by atoms with E-state index in [0.717, 1.165) is 25.9 Å². The molecule has 0 aliphatic carbocycles. The number of rotatable bonds is 4. The second kappa shape index (κ2) is 6.07. The first-order chi connectivity index (χ1) is 7.11. The molecule has 0 bridgehead atoms. The Labute approximate surface area is 97.5 Å². The summed E-state index contributed by atoms with van der Waals surface area (Å²) in [6, 6.07) is 0.235. The molecule has 0 radical (unpaired) electrons. The van der Waals surface area contributed by atoms with Crippen LogP contribution in [0, 0.1) is 0 Å². The highest BCUT2D eigenvalue weighted by Gasteiger charge is 2.20. The Bertz CT molecular complexity index is 240. The SMILES string of the molecule is NC(=O)CN1CCC(NC(=O)CBr)CC1. The van der Waals surface area contributed by atoms with Crippen LogP contribution in [0.15, 0.2) is 0 Å². The molecule has 0 unspecified atom stereocenters. The van der Waals surface area contributed by atoms with Crippen LogP contribution in [-0.4, -0.2) is 47.7 Å². The van der Waals surface area contributed by atoms with Crippen molar-refractivity contribution in [1.29, 1.82) is 0 Å². The van der Waals surface area contributed by atoms with E-state index in [-0.39, 0.29) is 17.9 Å². The third kappa shape index (κ3) is 4.61. The third-order valence-corrected chi connectivity index (χ3v) is 2.96. The van der Waals surface area contributed by atoms with Gasteiger partial charge in [-0.15, -0.1) is 0 Å². The summed E-state index contributed by atoms with van der Waals surface area (Å²) in [7, 11) is 0. The number of nitrogens with one attached hydrogen (secondary N) is 1. The molecule has 15 heavy (non-hydrogen) atoms. The Balaban J connectivity index is 2.23. The fourth-order valence-corrected chi connectivity index (χ4v) is 1.88. The van der Waals surface area contributed by atoms with Crippen molar-refractivity contribution < 1.29 is 9.59 Å². The normalized spacial score (nSPS) is 18.7. The number of hydrogen-bond donors (Lipinski definition) is 2. The van der Waals surface area contributed by atoms with Gasteiger partial charge in [0.15, 0.2) is 0 Å². The highest BCUT2D eigenvalue weighted by Crippen LogP contribution is 2.09. The Morgan fingerprint density at radius 1 is 1.40 bits per heavy atom. The van der Waals surface area contributed by atoms with E-state index in [9.17, 15) is 9.59 Å². The maximum absolute atomic E-state index is 11.1. The van der Waals surface area contributed by atoms with E-state index in [1.807, 2.05) is 4.90 Å².